The average molecular weight is 352 g/mol. The van der Waals surface area contributed by atoms with E-state index in [0.717, 1.165) is 31.4 Å². The smallest absolute Gasteiger partial charge is 0.227 e. The molecule has 2 rings (SSSR count). The highest BCUT2D eigenvalue weighted by atomic mass is 19.1. The van der Waals surface area contributed by atoms with E-state index >= 15 is 0 Å². The molecule has 0 saturated heterocycles. The van der Waals surface area contributed by atoms with E-state index < -0.39 is 11.6 Å². The number of halogens is 2. The second-order valence-corrected chi connectivity index (χ2v) is 6.66. The highest BCUT2D eigenvalue weighted by Gasteiger charge is 2.30. The number of amides is 2. The normalized spacial score (nSPS) is 20.1. The first-order valence-electron chi connectivity index (χ1n) is 9.05. The number of hydrogen-bond acceptors (Lipinski definition) is 2. The van der Waals surface area contributed by atoms with E-state index in [1.807, 2.05) is 0 Å². The van der Waals surface area contributed by atoms with Gasteiger partial charge in [-0.3, -0.25) is 9.59 Å². The van der Waals surface area contributed by atoms with Crippen LogP contribution in [0.1, 0.15) is 51.9 Å². The molecule has 25 heavy (non-hydrogen) atoms. The number of anilines is 1. The third-order valence-electron chi connectivity index (χ3n) is 4.74. The minimum atomic E-state index is -0.784. The van der Waals surface area contributed by atoms with E-state index in [4.69, 9.17) is 0 Å². The Morgan fingerprint density at radius 3 is 2.28 bits per heavy atom. The Balaban J connectivity index is 1.77. The largest absolute Gasteiger partial charge is 0.356 e. The first-order valence-corrected chi connectivity index (χ1v) is 9.05. The van der Waals surface area contributed by atoms with Crippen molar-refractivity contribution in [1.29, 1.82) is 0 Å². The summed E-state index contributed by atoms with van der Waals surface area (Å²) in [6.45, 7) is 2.82. The van der Waals surface area contributed by atoms with E-state index in [0.29, 0.717) is 32.2 Å². The molecule has 0 aliphatic heterocycles. The van der Waals surface area contributed by atoms with E-state index in [1.165, 1.54) is 6.07 Å². The molecule has 0 spiro atoms. The summed E-state index contributed by atoms with van der Waals surface area (Å²) in [5.41, 5.74) is -0.0119. The predicted molar refractivity (Wildman–Crippen MR) is 93.0 cm³/mol. The molecule has 1 saturated carbocycles. The second-order valence-electron chi connectivity index (χ2n) is 6.66. The molecule has 0 heterocycles. The average Bonchev–Trinajstić information content (AvgIpc) is 2.61. The molecule has 2 N–H and O–H groups in total. The second kappa shape index (κ2) is 9.49. The number of benzene rings is 1. The van der Waals surface area contributed by atoms with Gasteiger partial charge in [0.15, 0.2) is 0 Å². The molecular weight excluding hydrogens is 326 g/mol. The molecule has 0 aromatic heterocycles. The maximum absolute atomic E-state index is 13.6. The lowest BCUT2D eigenvalue weighted by Crippen LogP contribution is -2.36. The van der Waals surface area contributed by atoms with Crippen molar-refractivity contribution in [3.8, 4) is 0 Å². The van der Waals surface area contributed by atoms with Gasteiger partial charge in [0.1, 0.15) is 11.6 Å². The molecule has 2 amide bonds. The van der Waals surface area contributed by atoms with Crippen molar-refractivity contribution in [2.24, 2.45) is 11.8 Å². The standard InChI is InChI=1S/C19H26F2N2O2/c1-2-3-4-11-22-18(24)13-5-7-14(8-6-13)19(25)23-17-10-9-15(20)12-16(17)21/h9-10,12-14H,2-8,11H2,1H3,(H,22,24)(H,23,25). The molecule has 0 radical (unpaired) electrons. The Labute approximate surface area is 147 Å². The van der Waals surface area contributed by atoms with Gasteiger partial charge in [-0.2, -0.15) is 0 Å². The van der Waals surface area contributed by atoms with Crippen LogP contribution in [0.4, 0.5) is 14.5 Å². The Kier molecular flexibility index (Phi) is 7.34. The van der Waals surface area contributed by atoms with Crippen LogP contribution in [0.3, 0.4) is 0 Å². The summed E-state index contributed by atoms with van der Waals surface area (Å²) < 4.78 is 26.5. The van der Waals surface area contributed by atoms with Gasteiger partial charge >= 0.3 is 0 Å². The highest BCUT2D eigenvalue weighted by Crippen LogP contribution is 2.30. The van der Waals surface area contributed by atoms with Crippen molar-refractivity contribution in [2.75, 3.05) is 11.9 Å². The molecule has 0 atom stereocenters. The fourth-order valence-electron chi connectivity index (χ4n) is 3.17. The molecule has 1 aromatic carbocycles. The lowest BCUT2D eigenvalue weighted by molar-refractivity contribution is -0.128. The van der Waals surface area contributed by atoms with E-state index in [9.17, 15) is 18.4 Å². The van der Waals surface area contributed by atoms with Crippen LogP contribution in [0.5, 0.6) is 0 Å². The third kappa shape index (κ3) is 5.80. The zero-order chi connectivity index (χ0) is 18.2. The topological polar surface area (TPSA) is 58.2 Å². The Morgan fingerprint density at radius 2 is 1.68 bits per heavy atom. The number of carbonyl (C=O) groups is 2. The SMILES string of the molecule is CCCCCNC(=O)C1CCC(C(=O)Nc2ccc(F)cc2F)CC1. The van der Waals surface area contributed by atoms with Crippen LogP contribution in [0.15, 0.2) is 18.2 Å². The van der Waals surface area contributed by atoms with Crippen LogP contribution < -0.4 is 10.6 Å². The fourth-order valence-corrected chi connectivity index (χ4v) is 3.17. The first kappa shape index (κ1) is 19.3. The van der Waals surface area contributed by atoms with Crippen LogP contribution >= 0.6 is 0 Å². The van der Waals surface area contributed by atoms with Gasteiger partial charge in [-0.05, 0) is 44.2 Å². The molecular formula is C19H26F2N2O2. The predicted octanol–water partition coefficient (Wildman–Crippen LogP) is 4.02. The Morgan fingerprint density at radius 1 is 1.04 bits per heavy atom. The van der Waals surface area contributed by atoms with Gasteiger partial charge in [0, 0.05) is 24.4 Å². The van der Waals surface area contributed by atoms with Crippen molar-refractivity contribution in [2.45, 2.75) is 51.9 Å². The lowest BCUT2D eigenvalue weighted by Gasteiger charge is -2.27. The van der Waals surface area contributed by atoms with Gasteiger partial charge in [0.05, 0.1) is 5.69 Å². The maximum Gasteiger partial charge on any atom is 0.227 e. The highest BCUT2D eigenvalue weighted by molar-refractivity contribution is 5.92. The zero-order valence-corrected chi connectivity index (χ0v) is 14.6. The van der Waals surface area contributed by atoms with Crippen molar-refractivity contribution in [1.82, 2.24) is 5.32 Å². The molecule has 6 heteroatoms. The van der Waals surface area contributed by atoms with Gasteiger partial charge in [-0.25, -0.2) is 8.78 Å². The summed E-state index contributed by atoms with van der Waals surface area (Å²) in [6, 6.07) is 3.08. The molecule has 138 valence electrons. The minimum absolute atomic E-state index is 0.0119. The quantitative estimate of drug-likeness (QED) is 0.728. The van der Waals surface area contributed by atoms with Crippen LogP contribution in [-0.2, 0) is 9.59 Å². The Bertz CT molecular complexity index is 599. The van der Waals surface area contributed by atoms with Gasteiger partial charge in [0.25, 0.3) is 0 Å². The van der Waals surface area contributed by atoms with Gasteiger partial charge < -0.3 is 10.6 Å². The summed E-state index contributed by atoms with van der Waals surface area (Å²) in [4.78, 5) is 24.4. The summed E-state index contributed by atoms with van der Waals surface area (Å²) in [5, 5.41) is 5.48. The van der Waals surface area contributed by atoms with Crippen molar-refractivity contribution in [3.05, 3.63) is 29.8 Å². The van der Waals surface area contributed by atoms with Crippen molar-refractivity contribution < 1.29 is 18.4 Å². The van der Waals surface area contributed by atoms with Crippen LogP contribution in [-0.4, -0.2) is 18.4 Å². The molecule has 1 fully saturated rings. The van der Waals surface area contributed by atoms with E-state index in [1.54, 1.807) is 0 Å². The molecule has 0 bridgehead atoms. The van der Waals surface area contributed by atoms with E-state index in [2.05, 4.69) is 17.6 Å². The molecule has 4 nitrogen and oxygen atoms in total. The number of nitrogens with one attached hydrogen (secondary N) is 2. The number of carbonyl (C=O) groups excluding carboxylic acids is 2. The molecule has 1 aromatic rings. The minimum Gasteiger partial charge on any atom is -0.356 e. The van der Waals surface area contributed by atoms with Crippen molar-refractivity contribution in [3.63, 3.8) is 0 Å². The summed E-state index contributed by atoms with van der Waals surface area (Å²) in [7, 11) is 0. The fraction of sp³-hybridized carbons (Fsp3) is 0.579. The zero-order valence-electron chi connectivity index (χ0n) is 14.6. The van der Waals surface area contributed by atoms with Crippen LogP contribution in [0.25, 0.3) is 0 Å². The summed E-state index contributed by atoms with van der Waals surface area (Å²) in [6.07, 6.45) is 5.72. The summed E-state index contributed by atoms with van der Waals surface area (Å²) in [5.74, 6) is -1.96. The molecule has 1 aliphatic carbocycles. The number of rotatable bonds is 7. The first-order chi connectivity index (χ1) is 12.0. The lowest BCUT2D eigenvalue weighted by atomic mass is 9.81. The molecule has 0 unspecified atom stereocenters. The number of hydrogen-bond donors (Lipinski definition) is 2. The third-order valence-corrected chi connectivity index (χ3v) is 4.74. The molecule has 1 aliphatic rings. The monoisotopic (exact) mass is 352 g/mol. The van der Waals surface area contributed by atoms with Gasteiger partial charge in [-0.15, -0.1) is 0 Å². The van der Waals surface area contributed by atoms with Crippen molar-refractivity contribution >= 4 is 17.5 Å². The Hall–Kier alpha value is -1.98. The van der Waals surface area contributed by atoms with Gasteiger partial charge in [-0.1, -0.05) is 19.8 Å². The van der Waals surface area contributed by atoms with E-state index in [-0.39, 0.29) is 29.3 Å². The van der Waals surface area contributed by atoms with Crippen LogP contribution in [0, 0.1) is 23.5 Å². The van der Waals surface area contributed by atoms with Crippen LogP contribution in [0.2, 0.25) is 0 Å². The number of unbranched alkanes of at least 4 members (excludes halogenated alkanes) is 2. The van der Waals surface area contributed by atoms with Gasteiger partial charge in [0.2, 0.25) is 11.8 Å². The maximum atomic E-state index is 13.6. The summed E-state index contributed by atoms with van der Waals surface area (Å²) >= 11 is 0.